The summed E-state index contributed by atoms with van der Waals surface area (Å²) in [5.41, 5.74) is 5.87. The van der Waals surface area contributed by atoms with E-state index in [9.17, 15) is 8.42 Å². The van der Waals surface area contributed by atoms with E-state index in [1.165, 1.54) is 18.5 Å². The third kappa shape index (κ3) is 2.76. The van der Waals surface area contributed by atoms with Crippen molar-refractivity contribution < 1.29 is 8.42 Å². The first-order chi connectivity index (χ1) is 8.04. The van der Waals surface area contributed by atoms with Gasteiger partial charge >= 0.3 is 0 Å². The summed E-state index contributed by atoms with van der Waals surface area (Å²) in [5, 5.41) is 0. The normalized spacial score (nSPS) is 23.6. The van der Waals surface area contributed by atoms with Gasteiger partial charge in [0, 0.05) is 18.4 Å². The van der Waals surface area contributed by atoms with Gasteiger partial charge in [0.1, 0.15) is 4.90 Å². The zero-order valence-electron chi connectivity index (χ0n) is 9.76. The summed E-state index contributed by atoms with van der Waals surface area (Å²) in [6.07, 6.45) is 5.83. The van der Waals surface area contributed by atoms with Gasteiger partial charge in [-0.05, 0) is 24.8 Å². The number of hydrogen-bond donors (Lipinski definition) is 2. The minimum absolute atomic E-state index is 0.0690. The van der Waals surface area contributed by atoms with Gasteiger partial charge in [-0.1, -0.05) is 13.3 Å². The Kier molecular flexibility index (Phi) is 3.35. The van der Waals surface area contributed by atoms with Crippen molar-refractivity contribution in [3.63, 3.8) is 0 Å². The molecule has 0 saturated heterocycles. The van der Waals surface area contributed by atoms with E-state index < -0.39 is 10.0 Å². The molecule has 1 fully saturated rings. The molecule has 1 aromatic rings. The maximum atomic E-state index is 12.0. The molecule has 0 aliphatic heterocycles. The Labute approximate surface area is 101 Å². The predicted molar refractivity (Wildman–Crippen MR) is 65.8 cm³/mol. The van der Waals surface area contributed by atoms with E-state index in [4.69, 9.17) is 5.73 Å². The van der Waals surface area contributed by atoms with Crippen molar-refractivity contribution in [1.29, 1.82) is 0 Å². The molecular formula is C11H17N3O2S. The molecule has 2 rings (SSSR count). The number of nitrogens with zero attached hydrogens (tertiary/aromatic N) is 1. The van der Waals surface area contributed by atoms with Gasteiger partial charge in [-0.2, -0.15) is 0 Å². The van der Waals surface area contributed by atoms with Gasteiger partial charge in [-0.15, -0.1) is 0 Å². The Bertz CT molecular complexity index is 501. The quantitative estimate of drug-likeness (QED) is 0.826. The first-order valence-electron chi connectivity index (χ1n) is 5.76. The Hall–Kier alpha value is -1.14. The second-order valence-corrected chi connectivity index (χ2v) is 6.11. The Balaban J connectivity index is 2.08. The summed E-state index contributed by atoms with van der Waals surface area (Å²) in [4.78, 5) is 3.87. The molecule has 1 heterocycles. The van der Waals surface area contributed by atoms with Gasteiger partial charge in [-0.3, -0.25) is 4.98 Å². The standard InChI is InChI=1S/C11H17N3O2S/c1-2-3-8-6-10(8)14-17(15,16)11-7-13-5-4-9(11)12/h4-5,7-8,10,14H,2-3,6H2,1H3,(H2,12,13). The van der Waals surface area contributed by atoms with Crippen molar-refractivity contribution in [2.24, 2.45) is 5.92 Å². The monoisotopic (exact) mass is 255 g/mol. The molecule has 5 nitrogen and oxygen atoms in total. The zero-order chi connectivity index (χ0) is 12.5. The Morgan fingerprint density at radius 2 is 2.35 bits per heavy atom. The maximum absolute atomic E-state index is 12.0. The number of nitrogen functional groups attached to an aromatic ring is 1. The minimum atomic E-state index is -3.52. The third-order valence-corrected chi connectivity index (χ3v) is 4.53. The molecule has 3 N–H and O–H groups in total. The molecular weight excluding hydrogens is 238 g/mol. The number of pyridine rings is 1. The van der Waals surface area contributed by atoms with Gasteiger partial charge < -0.3 is 5.73 Å². The van der Waals surface area contributed by atoms with Crippen LogP contribution in [0.1, 0.15) is 26.2 Å². The fraction of sp³-hybridized carbons (Fsp3) is 0.545. The molecule has 1 aliphatic carbocycles. The lowest BCUT2D eigenvalue weighted by Gasteiger charge is -2.07. The van der Waals surface area contributed by atoms with Gasteiger partial charge in [0.2, 0.25) is 10.0 Å². The van der Waals surface area contributed by atoms with Crippen LogP contribution in [0, 0.1) is 5.92 Å². The Morgan fingerprint density at radius 3 is 3.00 bits per heavy atom. The van der Waals surface area contributed by atoms with Crippen molar-refractivity contribution >= 4 is 15.7 Å². The second kappa shape index (κ2) is 4.62. The van der Waals surface area contributed by atoms with Crippen LogP contribution in [-0.2, 0) is 10.0 Å². The van der Waals surface area contributed by atoms with Crippen LogP contribution in [0.15, 0.2) is 23.4 Å². The lowest BCUT2D eigenvalue weighted by Crippen LogP contribution is -2.27. The van der Waals surface area contributed by atoms with Crippen LogP contribution in [0.3, 0.4) is 0 Å². The summed E-state index contributed by atoms with van der Waals surface area (Å²) >= 11 is 0. The lowest BCUT2D eigenvalue weighted by molar-refractivity contribution is 0.573. The summed E-state index contributed by atoms with van der Waals surface area (Å²) in [6.45, 7) is 2.10. The fourth-order valence-electron chi connectivity index (χ4n) is 1.96. The van der Waals surface area contributed by atoms with Crippen LogP contribution >= 0.6 is 0 Å². The van der Waals surface area contributed by atoms with Crippen LogP contribution < -0.4 is 10.5 Å². The molecule has 0 spiro atoms. The van der Waals surface area contributed by atoms with Gasteiger partial charge in [0.05, 0.1) is 5.69 Å². The molecule has 1 saturated carbocycles. The third-order valence-electron chi connectivity index (χ3n) is 2.99. The van der Waals surface area contributed by atoms with Crippen LogP contribution in [0.25, 0.3) is 0 Å². The van der Waals surface area contributed by atoms with Crippen molar-refractivity contribution in [2.45, 2.75) is 37.1 Å². The molecule has 0 amide bonds. The van der Waals surface area contributed by atoms with E-state index in [0.717, 1.165) is 19.3 Å². The van der Waals surface area contributed by atoms with E-state index in [-0.39, 0.29) is 16.6 Å². The second-order valence-electron chi connectivity index (χ2n) is 4.43. The SMILES string of the molecule is CCCC1CC1NS(=O)(=O)c1cnccc1N. The zero-order valence-corrected chi connectivity index (χ0v) is 10.6. The van der Waals surface area contributed by atoms with Crippen molar-refractivity contribution in [1.82, 2.24) is 9.71 Å². The summed E-state index contributed by atoms with van der Waals surface area (Å²) in [7, 11) is -3.52. The molecule has 0 radical (unpaired) electrons. The molecule has 17 heavy (non-hydrogen) atoms. The average molecular weight is 255 g/mol. The first-order valence-corrected chi connectivity index (χ1v) is 7.24. The minimum Gasteiger partial charge on any atom is -0.398 e. The van der Waals surface area contributed by atoms with Crippen LogP contribution in [0.2, 0.25) is 0 Å². The van der Waals surface area contributed by atoms with E-state index in [1.807, 2.05) is 0 Å². The highest BCUT2D eigenvalue weighted by molar-refractivity contribution is 7.89. The number of aromatic nitrogens is 1. The molecule has 0 bridgehead atoms. The molecule has 94 valence electrons. The molecule has 2 atom stereocenters. The van der Waals surface area contributed by atoms with Gasteiger partial charge in [0.15, 0.2) is 0 Å². The molecule has 1 aromatic heterocycles. The molecule has 0 aromatic carbocycles. The highest BCUT2D eigenvalue weighted by Gasteiger charge is 2.39. The van der Waals surface area contributed by atoms with Gasteiger partial charge in [-0.25, -0.2) is 13.1 Å². The molecule has 6 heteroatoms. The number of rotatable bonds is 5. The van der Waals surface area contributed by atoms with E-state index in [1.54, 1.807) is 0 Å². The average Bonchev–Trinajstić information content (AvgIpc) is 2.96. The van der Waals surface area contributed by atoms with Gasteiger partial charge in [0.25, 0.3) is 0 Å². The smallest absolute Gasteiger partial charge is 0.244 e. The number of hydrogen-bond acceptors (Lipinski definition) is 4. The highest BCUT2D eigenvalue weighted by Crippen LogP contribution is 2.35. The van der Waals surface area contributed by atoms with E-state index >= 15 is 0 Å². The molecule has 2 unspecified atom stereocenters. The van der Waals surface area contributed by atoms with E-state index in [0.29, 0.717) is 5.92 Å². The summed E-state index contributed by atoms with van der Waals surface area (Å²) in [5.74, 6) is 0.479. The predicted octanol–water partition coefficient (Wildman–Crippen LogP) is 1.13. The van der Waals surface area contributed by atoms with Crippen LogP contribution in [-0.4, -0.2) is 19.4 Å². The largest absolute Gasteiger partial charge is 0.398 e. The maximum Gasteiger partial charge on any atom is 0.244 e. The topological polar surface area (TPSA) is 85.1 Å². The number of nitrogens with two attached hydrogens (primary N) is 1. The van der Waals surface area contributed by atoms with Crippen LogP contribution in [0.5, 0.6) is 0 Å². The van der Waals surface area contributed by atoms with Crippen molar-refractivity contribution in [3.05, 3.63) is 18.5 Å². The van der Waals surface area contributed by atoms with E-state index in [2.05, 4.69) is 16.6 Å². The summed E-state index contributed by atoms with van der Waals surface area (Å²) < 4.78 is 26.7. The fourth-order valence-corrected chi connectivity index (χ4v) is 3.35. The summed E-state index contributed by atoms with van der Waals surface area (Å²) in [6, 6.07) is 1.56. The molecule has 1 aliphatic rings. The number of anilines is 1. The highest BCUT2D eigenvalue weighted by atomic mass is 32.2. The number of sulfonamides is 1. The first kappa shape index (κ1) is 12.3. The lowest BCUT2D eigenvalue weighted by atomic mass is 10.2. The number of nitrogens with one attached hydrogen (secondary N) is 1. The van der Waals surface area contributed by atoms with Crippen LogP contribution in [0.4, 0.5) is 5.69 Å². The Morgan fingerprint density at radius 1 is 1.59 bits per heavy atom. The van der Waals surface area contributed by atoms with Crippen molar-refractivity contribution in [2.75, 3.05) is 5.73 Å². The van der Waals surface area contributed by atoms with Crippen molar-refractivity contribution in [3.8, 4) is 0 Å².